The summed E-state index contributed by atoms with van der Waals surface area (Å²) in [7, 11) is 0. The van der Waals surface area contributed by atoms with Crippen molar-refractivity contribution >= 4 is 11.8 Å². The third kappa shape index (κ3) is 6.72. The number of benzene rings is 2. The van der Waals surface area contributed by atoms with Crippen LogP contribution < -0.4 is 10.1 Å². The van der Waals surface area contributed by atoms with Crippen molar-refractivity contribution in [2.24, 2.45) is 0 Å². The molecule has 2 amide bonds. The van der Waals surface area contributed by atoms with Crippen LogP contribution in [0.3, 0.4) is 0 Å². The summed E-state index contributed by atoms with van der Waals surface area (Å²) < 4.78 is 5.65. The van der Waals surface area contributed by atoms with E-state index in [1.54, 1.807) is 11.8 Å². The predicted octanol–water partition coefficient (Wildman–Crippen LogP) is 3.71. The van der Waals surface area contributed by atoms with E-state index in [0.29, 0.717) is 12.3 Å². The molecule has 0 saturated carbocycles. The number of nitrogens with zero attached hydrogens (tertiary/aromatic N) is 1. The average molecular weight is 383 g/mol. The molecule has 0 aliphatic heterocycles. The molecule has 2 rings (SSSR count). The molecular formula is C23H30N2O3. The first kappa shape index (κ1) is 21.5. The minimum Gasteiger partial charge on any atom is -0.484 e. The van der Waals surface area contributed by atoms with E-state index < -0.39 is 6.04 Å². The van der Waals surface area contributed by atoms with Gasteiger partial charge in [0.2, 0.25) is 5.91 Å². The Hall–Kier alpha value is -2.82. The Kier molecular flexibility index (Phi) is 7.21. The molecule has 2 aromatic rings. The van der Waals surface area contributed by atoms with Crippen LogP contribution >= 0.6 is 0 Å². The van der Waals surface area contributed by atoms with Gasteiger partial charge in [0.05, 0.1) is 0 Å². The molecule has 5 heteroatoms. The van der Waals surface area contributed by atoms with E-state index in [1.807, 2.05) is 82.3 Å². The molecule has 0 aliphatic rings. The SMILES string of the molecule is Cc1ccc(OCC(=O)N(Cc2ccccc2)[C@H](C)C(=O)NC(C)(C)C)cc1. The molecule has 0 spiro atoms. The van der Waals surface area contributed by atoms with E-state index in [0.717, 1.165) is 11.1 Å². The Morgan fingerprint density at radius 2 is 1.64 bits per heavy atom. The number of carbonyl (C=O) groups is 2. The summed E-state index contributed by atoms with van der Waals surface area (Å²) in [5, 5.41) is 2.95. The maximum atomic E-state index is 12.9. The molecule has 1 N–H and O–H groups in total. The van der Waals surface area contributed by atoms with Crippen LogP contribution in [0.25, 0.3) is 0 Å². The number of ether oxygens (including phenoxy) is 1. The second kappa shape index (κ2) is 9.40. The fourth-order valence-corrected chi connectivity index (χ4v) is 2.70. The first-order chi connectivity index (χ1) is 13.2. The van der Waals surface area contributed by atoms with Gasteiger partial charge in [0.15, 0.2) is 6.61 Å². The standard InChI is InChI=1S/C23H30N2O3/c1-17-11-13-20(14-12-17)28-16-21(26)25(15-19-9-7-6-8-10-19)18(2)22(27)24-23(3,4)5/h6-14,18H,15-16H2,1-5H3,(H,24,27)/t18-/m1/s1. The molecule has 0 fully saturated rings. The normalized spacial score (nSPS) is 12.2. The maximum absolute atomic E-state index is 12.9. The second-order valence-electron chi connectivity index (χ2n) is 8.02. The predicted molar refractivity (Wildman–Crippen MR) is 111 cm³/mol. The van der Waals surface area contributed by atoms with Gasteiger partial charge in [-0.05, 0) is 52.3 Å². The topological polar surface area (TPSA) is 58.6 Å². The summed E-state index contributed by atoms with van der Waals surface area (Å²) >= 11 is 0. The Morgan fingerprint density at radius 3 is 2.21 bits per heavy atom. The lowest BCUT2D eigenvalue weighted by Crippen LogP contribution is -2.53. The van der Waals surface area contributed by atoms with Gasteiger partial charge in [-0.2, -0.15) is 0 Å². The van der Waals surface area contributed by atoms with Crippen LogP contribution in [0.4, 0.5) is 0 Å². The monoisotopic (exact) mass is 382 g/mol. The van der Waals surface area contributed by atoms with Crippen molar-refractivity contribution in [1.82, 2.24) is 10.2 Å². The number of aryl methyl sites for hydroxylation is 1. The van der Waals surface area contributed by atoms with E-state index in [9.17, 15) is 9.59 Å². The summed E-state index contributed by atoms with van der Waals surface area (Å²) in [6.45, 7) is 9.71. The number of hydrogen-bond acceptors (Lipinski definition) is 3. The van der Waals surface area contributed by atoms with Gasteiger partial charge in [-0.25, -0.2) is 0 Å². The average Bonchev–Trinajstić information content (AvgIpc) is 2.64. The largest absolute Gasteiger partial charge is 0.484 e. The van der Waals surface area contributed by atoms with Gasteiger partial charge >= 0.3 is 0 Å². The molecule has 0 aromatic heterocycles. The van der Waals surface area contributed by atoms with E-state index in [-0.39, 0.29) is 24.0 Å². The Balaban J connectivity index is 2.12. The first-order valence-corrected chi connectivity index (χ1v) is 9.50. The first-order valence-electron chi connectivity index (χ1n) is 9.50. The van der Waals surface area contributed by atoms with Gasteiger partial charge in [-0.3, -0.25) is 9.59 Å². The van der Waals surface area contributed by atoms with Crippen LogP contribution in [0.1, 0.15) is 38.8 Å². The van der Waals surface area contributed by atoms with Crippen molar-refractivity contribution in [3.8, 4) is 5.75 Å². The molecule has 0 heterocycles. The summed E-state index contributed by atoms with van der Waals surface area (Å²) in [6.07, 6.45) is 0. The summed E-state index contributed by atoms with van der Waals surface area (Å²) in [6, 6.07) is 16.5. The van der Waals surface area contributed by atoms with Crippen LogP contribution in [0.5, 0.6) is 5.75 Å². The van der Waals surface area contributed by atoms with Crippen LogP contribution in [-0.4, -0.2) is 34.9 Å². The van der Waals surface area contributed by atoms with Crippen LogP contribution in [0, 0.1) is 6.92 Å². The van der Waals surface area contributed by atoms with Crippen LogP contribution in [-0.2, 0) is 16.1 Å². The highest BCUT2D eigenvalue weighted by atomic mass is 16.5. The minimum absolute atomic E-state index is 0.122. The molecule has 0 radical (unpaired) electrons. The molecule has 28 heavy (non-hydrogen) atoms. The smallest absolute Gasteiger partial charge is 0.261 e. The summed E-state index contributed by atoms with van der Waals surface area (Å²) in [5.74, 6) is 0.207. The highest BCUT2D eigenvalue weighted by Crippen LogP contribution is 2.14. The summed E-state index contributed by atoms with van der Waals surface area (Å²) in [5.41, 5.74) is 1.71. The molecule has 150 valence electrons. The Morgan fingerprint density at radius 1 is 1.04 bits per heavy atom. The zero-order chi connectivity index (χ0) is 20.7. The quantitative estimate of drug-likeness (QED) is 0.794. The zero-order valence-electron chi connectivity index (χ0n) is 17.4. The number of rotatable bonds is 7. The number of nitrogens with one attached hydrogen (secondary N) is 1. The van der Waals surface area contributed by atoms with Crippen molar-refractivity contribution in [3.63, 3.8) is 0 Å². The van der Waals surface area contributed by atoms with E-state index in [4.69, 9.17) is 4.74 Å². The van der Waals surface area contributed by atoms with Crippen LogP contribution in [0.15, 0.2) is 54.6 Å². The molecule has 0 bridgehead atoms. The van der Waals surface area contributed by atoms with Crippen molar-refractivity contribution in [2.75, 3.05) is 6.61 Å². The number of hydrogen-bond donors (Lipinski definition) is 1. The van der Waals surface area contributed by atoms with Gasteiger partial charge in [-0.1, -0.05) is 48.0 Å². The Labute approximate surface area is 167 Å². The highest BCUT2D eigenvalue weighted by Gasteiger charge is 2.28. The van der Waals surface area contributed by atoms with Crippen LogP contribution in [0.2, 0.25) is 0 Å². The van der Waals surface area contributed by atoms with Crippen molar-refractivity contribution in [2.45, 2.75) is 52.7 Å². The third-order valence-electron chi connectivity index (χ3n) is 4.24. The molecule has 5 nitrogen and oxygen atoms in total. The van der Waals surface area contributed by atoms with Gasteiger partial charge in [0, 0.05) is 12.1 Å². The zero-order valence-corrected chi connectivity index (χ0v) is 17.4. The lowest BCUT2D eigenvalue weighted by atomic mass is 10.1. The van der Waals surface area contributed by atoms with E-state index in [1.165, 1.54) is 0 Å². The van der Waals surface area contributed by atoms with Crippen molar-refractivity contribution in [1.29, 1.82) is 0 Å². The minimum atomic E-state index is -0.617. The molecule has 0 saturated heterocycles. The van der Waals surface area contributed by atoms with Gasteiger partial charge in [0.1, 0.15) is 11.8 Å². The van der Waals surface area contributed by atoms with E-state index >= 15 is 0 Å². The van der Waals surface area contributed by atoms with Crippen molar-refractivity contribution < 1.29 is 14.3 Å². The highest BCUT2D eigenvalue weighted by molar-refractivity contribution is 5.88. The van der Waals surface area contributed by atoms with Crippen molar-refractivity contribution in [3.05, 3.63) is 65.7 Å². The third-order valence-corrected chi connectivity index (χ3v) is 4.24. The van der Waals surface area contributed by atoms with Gasteiger partial charge in [-0.15, -0.1) is 0 Å². The molecule has 0 unspecified atom stereocenters. The number of amides is 2. The lowest BCUT2D eigenvalue weighted by Gasteiger charge is -2.31. The molecule has 0 aliphatic carbocycles. The molecular weight excluding hydrogens is 352 g/mol. The molecule has 2 aromatic carbocycles. The molecule has 1 atom stereocenters. The fourth-order valence-electron chi connectivity index (χ4n) is 2.70. The second-order valence-corrected chi connectivity index (χ2v) is 8.02. The van der Waals surface area contributed by atoms with Gasteiger partial charge < -0.3 is 15.0 Å². The number of carbonyl (C=O) groups excluding carboxylic acids is 2. The Bertz CT molecular complexity index is 780. The van der Waals surface area contributed by atoms with Gasteiger partial charge in [0.25, 0.3) is 5.91 Å². The summed E-state index contributed by atoms with van der Waals surface area (Å²) in [4.78, 5) is 27.1. The lowest BCUT2D eigenvalue weighted by molar-refractivity contribution is -0.142. The fraction of sp³-hybridized carbons (Fsp3) is 0.391. The maximum Gasteiger partial charge on any atom is 0.261 e. The van der Waals surface area contributed by atoms with E-state index in [2.05, 4.69) is 5.32 Å².